The number of hydrogen-bond donors (Lipinski definition) is 3. The molecule has 26 heavy (non-hydrogen) atoms. The molecular formula is C16H24BClN2O4S2. The van der Waals surface area contributed by atoms with Crippen molar-refractivity contribution in [3.63, 3.8) is 0 Å². The van der Waals surface area contributed by atoms with Crippen molar-refractivity contribution < 1.29 is 19.2 Å². The summed E-state index contributed by atoms with van der Waals surface area (Å²) in [6, 6.07) is 3.61. The maximum absolute atomic E-state index is 11.6. The van der Waals surface area contributed by atoms with Crippen LogP contribution in [0, 0.1) is 6.92 Å². The highest BCUT2D eigenvalue weighted by molar-refractivity contribution is 8.23. The first-order valence-electron chi connectivity index (χ1n) is 7.95. The molecule has 0 saturated heterocycles. The molecule has 1 aromatic carbocycles. The predicted octanol–water partition coefficient (Wildman–Crippen LogP) is 2.94. The van der Waals surface area contributed by atoms with Crippen LogP contribution < -0.4 is 16.1 Å². The second-order valence-electron chi connectivity index (χ2n) is 6.44. The largest absolute Gasteiger partial charge is 0.492 e. The minimum absolute atomic E-state index is 0.356. The van der Waals surface area contributed by atoms with Crippen LogP contribution >= 0.6 is 35.6 Å². The highest BCUT2D eigenvalue weighted by Gasteiger charge is 2.23. The number of carbonyl (C=O) groups is 1. The van der Waals surface area contributed by atoms with Crippen molar-refractivity contribution in [1.82, 2.24) is 5.32 Å². The number of thiocarbonyl (C=S) groups is 1. The van der Waals surface area contributed by atoms with Gasteiger partial charge in [0.1, 0.15) is 9.92 Å². The van der Waals surface area contributed by atoms with E-state index in [4.69, 9.17) is 33.2 Å². The number of aryl methyl sites for hydroxylation is 1. The fourth-order valence-corrected chi connectivity index (χ4v) is 3.25. The smallest absolute Gasteiger partial charge is 0.444 e. The Hall–Kier alpha value is -0.995. The minimum atomic E-state index is -1.11. The van der Waals surface area contributed by atoms with Gasteiger partial charge in [-0.2, -0.15) is 0 Å². The number of amides is 1. The molecule has 0 bridgehead atoms. The third kappa shape index (κ3) is 7.71. The molecule has 1 rings (SSSR count). The Morgan fingerprint density at radius 3 is 2.65 bits per heavy atom. The quantitative estimate of drug-likeness (QED) is 0.372. The summed E-state index contributed by atoms with van der Waals surface area (Å²) in [7, 11) is 0.294. The number of alkyl carbamates (subject to hydrolysis) is 1. The molecule has 0 saturated carbocycles. The molecule has 10 heteroatoms. The zero-order chi connectivity index (χ0) is 19.9. The summed E-state index contributed by atoms with van der Waals surface area (Å²) < 4.78 is 10.6. The van der Waals surface area contributed by atoms with Crippen LogP contribution in [0.15, 0.2) is 12.1 Å². The van der Waals surface area contributed by atoms with Gasteiger partial charge < -0.3 is 25.0 Å². The van der Waals surface area contributed by atoms with Gasteiger partial charge in [0.15, 0.2) is 0 Å². The van der Waals surface area contributed by atoms with E-state index in [2.05, 4.69) is 10.6 Å². The van der Waals surface area contributed by atoms with E-state index in [0.29, 0.717) is 32.8 Å². The molecular weight excluding hydrogens is 395 g/mol. The van der Waals surface area contributed by atoms with Crippen LogP contribution in [0.3, 0.4) is 0 Å². The van der Waals surface area contributed by atoms with Crippen LogP contribution in [-0.2, 0) is 9.39 Å². The molecule has 0 heterocycles. The topological polar surface area (TPSA) is 79.8 Å². The van der Waals surface area contributed by atoms with E-state index in [1.807, 2.05) is 13.0 Å². The fraction of sp³-hybridized carbons (Fsp3) is 0.500. The number of thioether (sulfide) groups is 1. The summed E-state index contributed by atoms with van der Waals surface area (Å²) in [5, 5.41) is 16.0. The molecule has 0 aliphatic rings. The second kappa shape index (κ2) is 10.4. The third-order valence-electron chi connectivity index (χ3n) is 3.11. The van der Waals surface area contributed by atoms with Crippen LogP contribution in [0.1, 0.15) is 26.3 Å². The Morgan fingerprint density at radius 2 is 2.08 bits per heavy atom. The van der Waals surface area contributed by atoms with E-state index in [1.54, 1.807) is 26.8 Å². The summed E-state index contributed by atoms with van der Waals surface area (Å²) in [5.41, 5.74) is 1.37. The van der Waals surface area contributed by atoms with Gasteiger partial charge >= 0.3 is 13.2 Å². The van der Waals surface area contributed by atoms with Crippen molar-refractivity contribution in [2.75, 3.05) is 24.7 Å². The monoisotopic (exact) mass is 418 g/mol. The van der Waals surface area contributed by atoms with E-state index in [1.165, 1.54) is 18.9 Å². The molecule has 1 aromatic rings. The molecule has 0 radical (unpaired) electrons. The van der Waals surface area contributed by atoms with Gasteiger partial charge in [-0.05, 0) is 39.3 Å². The van der Waals surface area contributed by atoms with Gasteiger partial charge in [0.25, 0.3) is 0 Å². The number of rotatable bonds is 6. The predicted molar refractivity (Wildman–Crippen MR) is 114 cm³/mol. The normalized spacial score (nSPS) is 11.0. The lowest BCUT2D eigenvalue weighted by Crippen LogP contribution is -2.36. The van der Waals surface area contributed by atoms with Gasteiger partial charge in [-0.15, -0.1) is 0 Å². The van der Waals surface area contributed by atoms with Gasteiger partial charge in [0.2, 0.25) is 0 Å². The number of ether oxygens (including phenoxy) is 1. The van der Waals surface area contributed by atoms with Gasteiger partial charge in [-0.3, -0.25) is 0 Å². The van der Waals surface area contributed by atoms with Gasteiger partial charge in [-0.25, -0.2) is 4.79 Å². The average molecular weight is 419 g/mol. The minimum Gasteiger partial charge on any atom is -0.444 e. The van der Waals surface area contributed by atoms with Gasteiger partial charge in [0, 0.05) is 24.9 Å². The van der Waals surface area contributed by atoms with E-state index in [-0.39, 0.29) is 0 Å². The van der Waals surface area contributed by atoms with Crippen LogP contribution in [0.2, 0.25) is 5.02 Å². The van der Waals surface area contributed by atoms with E-state index >= 15 is 0 Å². The number of nitrogens with one attached hydrogen (secondary N) is 2. The molecule has 144 valence electrons. The van der Waals surface area contributed by atoms with Crippen LogP contribution in [0.5, 0.6) is 0 Å². The zero-order valence-electron chi connectivity index (χ0n) is 15.5. The lowest BCUT2D eigenvalue weighted by molar-refractivity contribution is 0.0531. The Morgan fingerprint density at radius 1 is 1.42 bits per heavy atom. The second-order valence-corrected chi connectivity index (χ2v) is 8.59. The Bertz CT molecular complexity index is 656. The molecule has 0 aliphatic carbocycles. The molecule has 0 atom stereocenters. The Labute approximate surface area is 169 Å². The zero-order valence-corrected chi connectivity index (χ0v) is 17.9. The first-order chi connectivity index (χ1) is 12.0. The van der Waals surface area contributed by atoms with E-state index < -0.39 is 18.8 Å². The van der Waals surface area contributed by atoms with Crippen molar-refractivity contribution in [2.24, 2.45) is 0 Å². The molecule has 0 spiro atoms. The summed E-state index contributed by atoms with van der Waals surface area (Å²) in [6.45, 7) is 7.67. The van der Waals surface area contributed by atoms with Crippen LogP contribution in [0.25, 0.3) is 0 Å². The average Bonchev–Trinajstić information content (AvgIpc) is 2.52. The molecule has 3 N–H and O–H groups in total. The Balaban J connectivity index is 2.53. The van der Waals surface area contributed by atoms with Crippen LogP contribution in [-0.4, -0.2) is 47.6 Å². The number of anilines is 1. The number of carbonyl (C=O) groups excluding carboxylic acids is 1. The summed E-state index contributed by atoms with van der Waals surface area (Å²) >= 11 is 13.0. The molecule has 0 unspecified atom stereocenters. The van der Waals surface area contributed by atoms with Gasteiger partial charge in [-0.1, -0.05) is 41.6 Å². The first kappa shape index (κ1) is 23.0. The number of halogens is 1. The fourth-order valence-electron chi connectivity index (χ4n) is 1.96. The summed E-state index contributed by atoms with van der Waals surface area (Å²) in [6.07, 6.45) is -0.461. The highest BCUT2D eigenvalue weighted by Crippen LogP contribution is 2.23. The standard InChI is InChI=1S/C16H24BClN2O4S2/c1-10-6-7-11(13(18)12(10)17(22)23-5)20-15(25)26-9-8-19-14(21)24-16(2,3)4/h6-7,22H,8-9H2,1-5H3,(H,19,21)(H,20,25). The van der Waals surface area contributed by atoms with E-state index in [0.717, 1.165) is 5.56 Å². The number of hydrogen-bond acceptors (Lipinski definition) is 6. The number of benzene rings is 1. The highest BCUT2D eigenvalue weighted by atomic mass is 35.5. The molecule has 0 aromatic heterocycles. The summed E-state index contributed by atoms with van der Waals surface area (Å²) in [4.78, 5) is 11.6. The maximum Gasteiger partial charge on any atom is 0.492 e. The van der Waals surface area contributed by atoms with Crippen LogP contribution in [0.4, 0.5) is 10.5 Å². The van der Waals surface area contributed by atoms with Gasteiger partial charge in [0.05, 0.1) is 10.7 Å². The molecule has 1 amide bonds. The van der Waals surface area contributed by atoms with Crippen molar-refractivity contribution in [1.29, 1.82) is 0 Å². The van der Waals surface area contributed by atoms with Crippen molar-refractivity contribution >= 4 is 64.3 Å². The molecule has 0 aliphatic heterocycles. The molecule has 0 fully saturated rings. The van der Waals surface area contributed by atoms with Crippen molar-refractivity contribution in [3.05, 3.63) is 22.7 Å². The van der Waals surface area contributed by atoms with Crippen molar-refractivity contribution in [3.8, 4) is 0 Å². The lowest BCUT2D eigenvalue weighted by atomic mass is 9.76. The third-order valence-corrected chi connectivity index (χ3v) is 4.74. The maximum atomic E-state index is 11.6. The lowest BCUT2D eigenvalue weighted by Gasteiger charge is -2.19. The first-order valence-corrected chi connectivity index (χ1v) is 9.73. The Kier molecular flexibility index (Phi) is 9.19. The molecule has 6 nitrogen and oxygen atoms in total. The van der Waals surface area contributed by atoms with E-state index in [9.17, 15) is 9.82 Å². The van der Waals surface area contributed by atoms with Crippen molar-refractivity contribution in [2.45, 2.75) is 33.3 Å². The SMILES string of the molecule is COB(O)c1c(C)ccc(NC(=S)SCCNC(=O)OC(C)(C)C)c1Cl. The summed E-state index contributed by atoms with van der Waals surface area (Å²) in [5.74, 6) is 0.572.